The maximum absolute atomic E-state index is 10.7. The third kappa shape index (κ3) is 5.09. The van der Waals surface area contributed by atoms with Crippen molar-refractivity contribution < 1.29 is 5.11 Å². The molecule has 184 valence electrons. The molecule has 2 aromatic heterocycles. The van der Waals surface area contributed by atoms with Crippen molar-refractivity contribution in [3.63, 3.8) is 0 Å². The molecule has 7 nitrogen and oxygen atoms in total. The first kappa shape index (κ1) is 25.7. The number of aryl methyl sites for hydroxylation is 1. The average molecular weight is 465 g/mol. The quantitative estimate of drug-likeness (QED) is 0.476. The summed E-state index contributed by atoms with van der Waals surface area (Å²) in [6, 6.07) is 3.91. The number of hydrogen-bond donors (Lipinski definition) is 2. The summed E-state index contributed by atoms with van der Waals surface area (Å²) in [5.41, 5.74) is 5.15. The number of aromatic hydroxyl groups is 1. The van der Waals surface area contributed by atoms with E-state index in [1.807, 2.05) is 37.6 Å². The molecule has 0 unspecified atom stereocenters. The monoisotopic (exact) mass is 464 g/mol. The fraction of sp³-hybridized carbons (Fsp3) is 0.519. The van der Waals surface area contributed by atoms with Crippen molar-refractivity contribution in [1.29, 1.82) is 0 Å². The van der Waals surface area contributed by atoms with Gasteiger partial charge in [0.15, 0.2) is 0 Å². The van der Waals surface area contributed by atoms with Crippen LogP contribution in [0.15, 0.2) is 31.1 Å². The number of imidazole rings is 1. The number of rotatable bonds is 5. The highest BCUT2D eigenvalue weighted by atomic mass is 16.3. The van der Waals surface area contributed by atoms with Crippen molar-refractivity contribution in [2.24, 2.45) is 7.05 Å². The van der Waals surface area contributed by atoms with Crippen LogP contribution in [-0.2, 0) is 13.5 Å². The summed E-state index contributed by atoms with van der Waals surface area (Å²) in [6.07, 6.45) is 8.26. The van der Waals surface area contributed by atoms with Crippen molar-refractivity contribution in [3.8, 4) is 5.75 Å². The van der Waals surface area contributed by atoms with Gasteiger partial charge in [-0.3, -0.25) is 0 Å². The molecule has 1 aromatic carbocycles. The molecule has 0 radical (unpaired) electrons. The Morgan fingerprint density at radius 3 is 2.44 bits per heavy atom. The molecule has 1 saturated heterocycles. The smallest absolute Gasteiger partial charge is 0.125 e. The van der Waals surface area contributed by atoms with Crippen molar-refractivity contribution in [1.82, 2.24) is 29.9 Å². The second-order valence-corrected chi connectivity index (χ2v) is 10.2. The molecule has 0 aliphatic carbocycles. The second kappa shape index (κ2) is 9.74. The van der Waals surface area contributed by atoms with Crippen LogP contribution < -0.4 is 5.32 Å². The van der Waals surface area contributed by atoms with Crippen LogP contribution in [0, 0.1) is 0 Å². The first-order valence-electron chi connectivity index (χ1n) is 12.3. The molecule has 1 aliphatic heterocycles. The lowest BCUT2D eigenvalue weighted by Crippen LogP contribution is -2.58. The van der Waals surface area contributed by atoms with Gasteiger partial charge in [-0.05, 0) is 64.7 Å². The molecule has 0 atom stereocenters. The van der Waals surface area contributed by atoms with Gasteiger partial charge in [0.05, 0.1) is 29.1 Å². The molecule has 3 heterocycles. The Bertz CT molecular complexity index is 1180. The van der Waals surface area contributed by atoms with E-state index in [0.29, 0.717) is 5.56 Å². The van der Waals surface area contributed by atoms with E-state index in [9.17, 15) is 5.11 Å². The molecule has 0 amide bonds. The maximum atomic E-state index is 10.7. The third-order valence-corrected chi connectivity index (χ3v) is 6.34. The molecule has 3 aromatic rings. The minimum absolute atomic E-state index is 0.0234. The lowest BCUT2D eigenvalue weighted by Gasteiger charge is -2.46. The summed E-state index contributed by atoms with van der Waals surface area (Å²) in [5, 5.41) is 23.6. The van der Waals surface area contributed by atoms with E-state index < -0.39 is 0 Å². The number of phenols is 1. The topological polar surface area (TPSA) is 80.8 Å². The predicted molar refractivity (Wildman–Crippen MR) is 141 cm³/mol. The van der Waals surface area contributed by atoms with Gasteiger partial charge >= 0.3 is 0 Å². The largest absolute Gasteiger partial charge is 0.507 e. The Hall–Kier alpha value is -2.93. The lowest BCUT2D eigenvalue weighted by atomic mass is 9.79. The number of nitrogens with one attached hydrogen (secondary N) is 1. The van der Waals surface area contributed by atoms with Crippen LogP contribution in [0.4, 0.5) is 0 Å². The molecule has 0 spiro atoms. The number of piperidine rings is 1. The van der Waals surface area contributed by atoms with Crippen molar-refractivity contribution in [3.05, 3.63) is 48.1 Å². The lowest BCUT2D eigenvalue weighted by molar-refractivity contribution is 0.123. The number of fused-ring (bicyclic) bond motifs is 1. The Kier molecular flexibility index (Phi) is 7.36. The van der Waals surface area contributed by atoms with E-state index in [1.54, 1.807) is 18.5 Å². The first-order chi connectivity index (χ1) is 16.0. The standard InChI is InChI=1S/C25H34N6O.C2H6/c1-8-16(18-11-19-22(12-23(18)32)30(7)15-26-19)10-20-21(9-2)31(29-27-20)17-13-24(3,4)28-25(5,6)14-17;1-2/h8,10-12,15,17,28,32H,1,9,13-14H2,2-7H3;1-2H3/b16-10+;. The van der Waals surface area contributed by atoms with Gasteiger partial charge in [0.1, 0.15) is 11.4 Å². The van der Waals surface area contributed by atoms with Gasteiger partial charge in [0.2, 0.25) is 0 Å². The van der Waals surface area contributed by atoms with Crippen LogP contribution in [0.25, 0.3) is 22.7 Å². The Labute approximate surface area is 203 Å². The molecular formula is C27H40N6O. The highest BCUT2D eigenvalue weighted by Crippen LogP contribution is 2.37. The summed E-state index contributed by atoms with van der Waals surface area (Å²) < 4.78 is 4.00. The number of phenolic OH excluding ortho intramolecular Hbond substituents is 1. The molecule has 0 saturated carbocycles. The van der Waals surface area contributed by atoms with Gasteiger partial charge in [-0.25, -0.2) is 9.67 Å². The number of benzene rings is 1. The van der Waals surface area contributed by atoms with E-state index in [4.69, 9.17) is 0 Å². The fourth-order valence-electron chi connectivity index (χ4n) is 5.30. The van der Waals surface area contributed by atoms with Crippen LogP contribution in [0.5, 0.6) is 5.75 Å². The fourth-order valence-corrected chi connectivity index (χ4v) is 5.30. The normalized spacial score (nSPS) is 17.9. The van der Waals surface area contributed by atoms with Crippen molar-refractivity contribution in [2.75, 3.05) is 0 Å². The minimum Gasteiger partial charge on any atom is -0.507 e. The van der Waals surface area contributed by atoms with Crippen LogP contribution >= 0.6 is 0 Å². The molecule has 34 heavy (non-hydrogen) atoms. The molecule has 0 bridgehead atoms. The number of aromatic nitrogens is 5. The van der Waals surface area contributed by atoms with E-state index in [1.165, 1.54) is 0 Å². The highest BCUT2D eigenvalue weighted by Gasteiger charge is 2.39. The third-order valence-electron chi connectivity index (χ3n) is 6.34. The zero-order chi connectivity index (χ0) is 25.3. The molecule has 2 N–H and O–H groups in total. The molecule has 7 heteroatoms. The van der Waals surface area contributed by atoms with Gasteiger partial charge in [-0.15, -0.1) is 5.10 Å². The minimum atomic E-state index is 0.0234. The van der Waals surface area contributed by atoms with E-state index >= 15 is 0 Å². The number of allylic oxidation sites excluding steroid dienone is 2. The summed E-state index contributed by atoms with van der Waals surface area (Å²) in [5.74, 6) is 0.194. The van der Waals surface area contributed by atoms with Gasteiger partial charge in [-0.2, -0.15) is 0 Å². The van der Waals surface area contributed by atoms with E-state index in [-0.39, 0.29) is 22.9 Å². The number of hydrogen-bond acceptors (Lipinski definition) is 5. The van der Waals surface area contributed by atoms with Crippen molar-refractivity contribution >= 4 is 22.7 Å². The van der Waals surface area contributed by atoms with Crippen LogP contribution in [0.1, 0.15) is 84.3 Å². The van der Waals surface area contributed by atoms with Gasteiger partial charge in [0.25, 0.3) is 0 Å². The summed E-state index contributed by atoms with van der Waals surface area (Å²) >= 11 is 0. The Morgan fingerprint density at radius 1 is 1.21 bits per heavy atom. The predicted octanol–water partition coefficient (Wildman–Crippen LogP) is 5.67. The molecular weight excluding hydrogens is 424 g/mol. The van der Waals surface area contributed by atoms with Crippen molar-refractivity contribution in [2.45, 2.75) is 84.8 Å². The SMILES string of the molecule is C=C/C(=C\c1nnn(C2CC(C)(C)NC(C)(C)C2)c1CC)c1cc2ncn(C)c2cc1O.CC. The maximum Gasteiger partial charge on any atom is 0.125 e. The van der Waals surface area contributed by atoms with Gasteiger partial charge in [0, 0.05) is 29.8 Å². The van der Waals surface area contributed by atoms with Crippen LogP contribution in [-0.4, -0.2) is 40.7 Å². The van der Waals surface area contributed by atoms with E-state index in [2.05, 4.69) is 66.5 Å². The molecule has 4 rings (SSSR count). The zero-order valence-corrected chi connectivity index (χ0v) is 22.0. The highest BCUT2D eigenvalue weighted by molar-refractivity contribution is 5.93. The average Bonchev–Trinajstić information content (AvgIpc) is 3.34. The van der Waals surface area contributed by atoms with E-state index in [0.717, 1.165) is 47.3 Å². The first-order valence-corrected chi connectivity index (χ1v) is 12.3. The summed E-state index contributed by atoms with van der Waals surface area (Å²) in [7, 11) is 1.91. The number of nitrogens with zero attached hydrogens (tertiary/aromatic N) is 5. The second-order valence-electron chi connectivity index (χ2n) is 10.2. The van der Waals surface area contributed by atoms with Gasteiger partial charge in [-0.1, -0.05) is 38.6 Å². The molecule has 1 aliphatic rings. The summed E-state index contributed by atoms with van der Waals surface area (Å²) in [4.78, 5) is 4.42. The Balaban J connectivity index is 0.00000158. The Morgan fingerprint density at radius 2 is 1.85 bits per heavy atom. The van der Waals surface area contributed by atoms with Gasteiger partial charge < -0.3 is 15.0 Å². The van der Waals surface area contributed by atoms with Crippen LogP contribution in [0.3, 0.4) is 0 Å². The summed E-state index contributed by atoms with van der Waals surface area (Å²) in [6.45, 7) is 19.1. The zero-order valence-electron chi connectivity index (χ0n) is 22.0. The van der Waals surface area contributed by atoms with Crippen LogP contribution in [0.2, 0.25) is 0 Å². The molecule has 1 fully saturated rings.